The molecule has 4 heteroatoms. The van der Waals surface area contributed by atoms with Crippen LogP contribution in [0.2, 0.25) is 0 Å². The molecule has 0 spiro atoms. The molecule has 2 rings (SSSR count). The zero-order valence-corrected chi connectivity index (χ0v) is 11.3. The molecule has 1 fully saturated rings. The summed E-state index contributed by atoms with van der Waals surface area (Å²) in [5.74, 6) is -0.190. The lowest BCUT2D eigenvalue weighted by Gasteiger charge is -2.17. The Morgan fingerprint density at radius 3 is 2.58 bits per heavy atom. The average molecular weight is 264 g/mol. The molecule has 19 heavy (non-hydrogen) atoms. The number of hydrogen-bond acceptors (Lipinski definition) is 2. The van der Waals surface area contributed by atoms with Gasteiger partial charge in [0.1, 0.15) is 5.82 Å². The van der Waals surface area contributed by atoms with Crippen LogP contribution >= 0.6 is 0 Å². The van der Waals surface area contributed by atoms with E-state index < -0.39 is 0 Å². The van der Waals surface area contributed by atoms with Crippen molar-refractivity contribution >= 4 is 5.91 Å². The summed E-state index contributed by atoms with van der Waals surface area (Å²) in [6.45, 7) is 2.42. The van der Waals surface area contributed by atoms with E-state index in [1.165, 1.54) is 25.0 Å². The van der Waals surface area contributed by atoms with Crippen molar-refractivity contribution in [1.29, 1.82) is 0 Å². The highest BCUT2D eigenvalue weighted by Gasteiger charge is 2.20. The molecule has 1 saturated carbocycles. The van der Waals surface area contributed by atoms with E-state index in [2.05, 4.69) is 10.6 Å². The number of amides is 1. The summed E-state index contributed by atoms with van der Waals surface area (Å²) in [6, 6.07) is 6.43. The van der Waals surface area contributed by atoms with Gasteiger partial charge in [-0.15, -0.1) is 0 Å². The lowest BCUT2D eigenvalue weighted by molar-refractivity contribution is -0.123. The van der Waals surface area contributed by atoms with Crippen molar-refractivity contribution in [1.82, 2.24) is 10.6 Å². The van der Waals surface area contributed by atoms with Crippen molar-refractivity contribution in [2.75, 3.05) is 0 Å². The van der Waals surface area contributed by atoms with Crippen LogP contribution in [0.5, 0.6) is 0 Å². The summed E-state index contributed by atoms with van der Waals surface area (Å²) in [7, 11) is 0. The van der Waals surface area contributed by atoms with Crippen LogP contribution < -0.4 is 10.6 Å². The van der Waals surface area contributed by atoms with Gasteiger partial charge in [0.15, 0.2) is 0 Å². The second kappa shape index (κ2) is 6.66. The SMILES string of the molecule is CC(NCc1ccc(F)cc1)C(=O)NC1CCCC1. The normalized spacial score (nSPS) is 17.4. The quantitative estimate of drug-likeness (QED) is 0.857. The molecule has 0 radical (unpaired) electrons. The second-order valence-corrected chi connectivity index (χ2v) is 5.22. The lowest BCUT2D eigenvalue weighted by Crippen LogP contribution is -2.45. The van der Waals surface area contributed by atoms with Gasteiger partial charge in [0, 0.05) is 12.6 Å². The second-order valence-electron chi connectivity index (χ2n) is 5.22. The molecular formula is C15H21FN2O. The highest BCUT2D eigenvalue weighted by atomic mass is 19.1. The molecule has 1 atom stereocenters. The molecule has 3 nitrogen and oxygen atoms in total. The van der Waals surface area contributed by atoms with Crippen molar-refractivity contribution in [3.8, 4) is 0 Å². The largest absolute Gasteiger partial charge is 0.352 e. The van der Waals surface area contributed by atoms with Crippen molar-refractivity contribution in [3.05, 3.63) is 35.6 Å². The van der Waals surface area contributed by atoms with Crippen molar-refractivity contribution in [2.24, 2.45) is 0 Å². The maximum atomic E-state index is 12.8. The molecule has 0 heterocycles. The van der Waals surface area contributed by atoms with Gasteiger partial charge < -0.3 is 10.6 Å². The first kappa shape index (κ1) is 14.0. The summed E-state index contributed by atoms with van der Waals surface area (Å²) >= 11 is 0. The molecule has 0 bridgehead atoms. The van der Waals surface area contributed by atoms with E-state index in [0.717, 1.165) is 18.4 Å². The van der Waals surface area contributed by atoms with Crippen molar-refractivity contribution in [2.45, 2.75) is 51.2 Å². The molecule has 1 unspecified atom stereocenters. The van der Waals surface area contributed by atoms with Gasteiger partial charge in [-0.2, -0.15) is 0 Å². The molecule has 2 N–H and O–H groups in total. The Morgan fingerprint density at radius 1 is 1.32 bits per heavy atom. The predicted octanol–water partition coefficient (Wildman–Crippen LogP) is 2.36. The molecule has 0 aliphatic heterocycles. The van der Waals surface area contributed by atoms with Crippen molar-refractivity contribution in [3.63, 3.8) is 0 Å². The minimum Gasteiger partial charge on any atom is -0.352 e. The Bertz CT molecular complexity index is 413. The minimum atomic E-state index is -0.240. The number of nitrogens with one attached hydrogen (secondary N) is 2. The van der Waals surface area contributed by atoms with Crippen LogP contribution in [0, 0.1) is 5.82 Å². The van der Waals surface area contributed by atoms with E-state index in [-0.39, 0.29) is 17.8 Å². The zero-order chi connectivity index (χ0) is 13.7. The first-order valence-electron chi connectivity index (χ1n) is 6.93. The number of carbonyl (C=O) groups excluding carboxylic acids is 1. The molecule has 1 aromatic carbocycles. The molecular weight excluding hydrogens is 243 g/mol. The standard InChI is InChI=1S/C15H21FN2O/c1-11(15(19)18-14-4-2-3-5-14)17-10-12-6-8-13(16)9-7-12/h6-9,11,14,17H,2-5,10H2,1H3,(H,18,19). The van der Waals surface area contributed by atoms with Crippen LogP contribution in [-0.4, -0.2) is 18.0 Å². The van der Waals surface area contributed by atoms with Crippen LogP contribution in [0.1, 0.15) is 38.2 Å². The molecule has 104 valence electrons. The molecule has 1 aliphatic rings. The Hall–Kier alpha value is -1.42. The van der Waals surface area contributed by atoms with Crippen LogP contribution in [0.25, 0.3) is 0 Å². The smallest absolute Gasteiger partial charge is 0.237 e. The topological polar surface area (TPSA) is 41.1 Å². The first-order valence-corrected chi connectivity index (χ1v) is 6.93. The van der Waals surface area contributed by atoms with Gasteiger partial charge >= 0.3 is 0 Å². The van der Waals surface area contributed by atoms with E-state index >= 15 is 0 Å². The third kappa shape index (κ3) is 4.31. The minimum absolute atomic E-state index is 0.0500. The molecule has 0 saturated heterocycles. The number of halogens is 1. The molecule has 1 aromatic rings. The number of benzene rings is 1. The van der Waals surface area contributed by atoms with Crippen LogP contribution in [0.4, 0.5) is 4.39 Å². The van der Waals surface area contributed by atoms with Gasteiger partial charge in [-0.1, -0.05) is 25.0 Å². The Kier molecular flexibility index (Phi) is 4.91. The van der Waals surface area contributed by atoms with E-state index in [1.54, 1.807) is 12.1 Å². The van der Waals surface area contributed by atoms with Gasteiger partial charge in [0.25, 0.3) is 0 Å². The molecule has 0 aromatic heterocycles. The monoisotopic (exact) mass is 264 g/mol. The summed E-state index contributed by atoms with van der Waals surface area (Å²) in [5.41, 5.74) is 0.974. The third-order valence-electron chi connectivity index (χ3n) is 3.62. The van der Waals surface area contributed by atoms with Crippen LogP contribution in [0.3, 0.4) is 0 Å². The number of carbonyl (C=O) groups is 1. The first-order chi connectivity index (χ1) is 9.15. The lowest BCUT2D eigenvalue weighted by atomic mass is 10.2. The van der Waals surface area contributed by atoms with E-state index in [0.29, 0.717) is 12.6 Å². The van der Waals surface area contributed by atoms with E-state index in [1.807, 2.05) is 6.92 Å². The maximum Gasteiger partial charge on any atom is 0.237 e. The average Bonchev–Trinajstić information content (AvgIpc) is 2.90. The fourth-order valence-corrected chi connectivity index (χ4v) is 2.36. The van der Waals surface area contributed by atoms with Crippen LogP contribution in [0.15, 0.2) is 24.3 Å². The van der Waals surface area contributed by atoms with Crippen LogP contribution in [-0.2, 0) is 11.3 Å². The van der Waals surface area contributed by atoms with E-state index in [4.69, 9.17) is 0 Å². The molecule has 1 aliphatic carbocycles. The Labute approximate surface area is 113 Å². The molecule has 1 amide bonds. The third-order valence-corrected chi connectivity index (χ3v) is 3.62. The summed E-state index contributed by atoms with van der Waals surface area (Å²) in [5, 5.41) is 6.22. The summed E-state index contributed by atoms with van der Waals surface area (Å²) < 4.78 is 12.8. The Balaban J connectivity index is 1.75. The number of rotatable bonds is 5. The number of hydrogen-bond donors (Lipinski definition) is 2. The fourth-order valence-electron chi connectivity index (χ4n) is 2.36. The van der Waals surface area contributed by atoms with Gasteiger partial charge in [0.05, 0.1) is 6.04 Å². The van der Waals surface area contributed by atoms with Crippen molar-refractivity contribution < 1.29 is 9.18 Å². The summed E-state index contributed by atoms with van der Waals surface area (Å²) in [4.78, 5) is 11.9. The summed E-state index contributed by atoms with van der Waals surface area (Å²) in [6.07, 6.45) is 4.61. The zero-order valence-electron chi connectivity index (χ0n) is 11.3. The predicted molar refractivity (Wildman–Crippen MR) is 73.1 cm³/mol. The van der Waals surface area contributed by atoms with Gasteiger partial charge in [-0.05, 0) is 37.5 Å². The highest BCUT2D eigenvalue weighted by molar-refractivity contribution is 5.81. The van der Waals surface area contributed by atoms with Gasteiger partial charge in [-0.25, -0.2) is 4.39 Å². The van der Waals surface area contributed by atoms with Gasteiger partial charge in [-0.3, -0.25) is 4.79 Å². The Morgan fingerprint density at radius 2 is 1.95 bits per heavy atom. The van der Waals surface area contributed by atoms with Gasteiger partial charge in [0.2, 0.25) is 5.91 Å². The van der Waals surface area contributed by atoms with E-state index in [9.17, 15) is 9.18 Å². The maximum absolute atomic E-state index is 12.8. The fraction of sp³-hybridized carbons (Fsp3) is 0.533. The highest BCUT2D eigenvalue weighted by Crippen LogP contribution is 2.17.